The smallest absolute Gasteiger partial charge is 0.142 e. The van der Waals surface area contributed by atoms with Crippen molar-refractivity contribution < 1.29 is 9.50 Å². The summed E-state index contributed by atoms with van der Waals surface area (Å²) in [4.78, 5) is 1.01. The average Bonchev–Trinajstić information content (AvgIpc) is 2.89. The first-order valence-corrected chi connectivity index (χ1v) is 7.17. The number of nitriles is 1. The maximum absolute atomic E-state index is 13.3. The van der Waals surface area contributed by atoms with E-state index in [0.29, 0.717) is 24.2 Å². The van der Waals surface area contributed by atoms with Crippen LogP contribution in [0, 0.1) is 17.1 Å². The summed E-state index contributed by atoms with van der Waals surface area (Å²) in [7, 11) is 0. The number of thiophene rings is 1. The summed E-state index contributed by atoms with van der Waals surface area (Å²) in [6, 6.07) is 8.11. The van der Waals surface area contributed by atoms with E-state index in [9.17, 15) is 9.50 Å². The molecule has 0 saturated carbocycles. The molecule has 104 valence electrons. The second kappa shape index (κ2) is 6.82. The topological polar surface area (TPSA) is 56.0 Å². The van der Waals surface area contributed by atoms with Crippen molar-refractivity contribution in [2.45, 2.75) is 12.6 Å². The van der Waals surface area contributed by atoms with Crippen LogP contribution < -0.4 is 5.32 Å². The van der Waals surface area contributed by atoms with E-state index in [-0.39, 0.29) is 5.02 Å². The third-order valence-electron chi connectivity index (χ3n) is 2.75. The van der Waals surface area contributed by atoms with Crippen LogP contribution in [0.4, 0.5) is 4.39 Å². The molecule has 0 radical (unpaired) electrons. The highest BCUT2D eigenvalue weighted by Crippen LogP contribution is 2.20. The molecule has 0 bridgehead atoms. The van der Waals surface area contributed by atoms with Crippen molar-refractivity contribution in [1.82, 2.24) is 5.32 Å². The summed E-state index contributed by atoms with van der Waals surface area (Å²) < 4.78 is 13.3. The first-order valence-electron chi connectivity index (χ1n) is 5.91. The number of halogens is 2. The fourth-order valence-electron chi connectivity index (χ4n) is 1.70. The predicted molar refractivity (Wildman–Crippen MR) is 77.1 cm³/mol. The number of aliphatic hydroxyl groups is 1. The number of aliphatic hydroxyl groups excluding tert-OH is 1. The van der Waals surface area contributed by atoms with Gasteiger partial charge in [-0.25, -0.2) is 4.39 Å². The second-order valence-corrected chi connectivity index (χ2v) is 5.64. The molecule has 0 saturated heterocycles. The Morgan fingerprint density at radius 3 is 2.90 bits per heavy atom. The van der Waals surface area contributed by atoms with Gasteiger partial charge in [-0.05, 0) is 23.8 Å². The van der Waals surface area contributed by atoms with Gasteiger partial charge in [-0.1, -0.05) is 17.7 Å². The molecule has 2 rings (SSSR count). The summed E-state index contributed by atoms with van der Waals surface area (Å²) in [5.74, 6) is -0.542. The Morgan fingerprint density at radius 1 is 1.45 bits per heavy atom. The molecule has 2 aromatic rings. The lowest BCUT2D eigenvalue weighted by Crippen LogP contribution is -2.20. The maximum Gasteiger partial charge on any atom is 0.142 e. The van der Waals surface area contributed by atoms with Crippen molar-refractivity contribution in [3.63, 3.8) is 0 Å². The van der Waals surface area contributed by atoms with Gasteiger partial charge < -0.3 is 10.4 Å². The van der Waals surface area contributed by atoms with E-state index < -0.39 is 11.9 Å². The highest BCUT2D eigenvalue weighted by atomic mass is 35.5. The molecule has 0 spiro atoms. The van der Waals surface area contributed by atoms with Crippen molar-refractivity contribution in [3.05, 3.63) is 56.5 Å². The highest BCUT2D eigenvalue weighted by Gasteiger charge is 2.10. The number of nitrogens with one attached hydrogen (secondary N) is 1. The first kappa shape index (κ1) is 14.9. The lowest BCUT2D eigenvalue weighted by molar-refractivity contribution is 0.174. The van der Waals surface area contributed by atoms with Gasteiger partial charge in [-0.15, -0.1) is 11.3 Å². The molecule has 1 unspecified atom stereocenters. The Labute approximate surface area is 125 Å². The first-order chi connectivity index (χ1) is 9.60. The Kier molecular flexibility index (Phi) is 5.10. The predicted octanol–water partition coefficient (Wildman–Crippen LogP) is 3.24. The monoisotopic (exact) mass is 310 g/mol. The van der Waals surface area contributed by atoms with Crippen LogP contribution in [0.3, 0.4) is 0 Å². The molecule has 1 aromatic carbocycles. The Morgan fingerprint density at radius 2 is 2.25 bits per heavy atom. The normalized spacial score (nSPS) is 12.1. The van der Waals surface area contributed by atoms with Gasteiger partial charge in [0.1, 0.15) is 11.9 Å². The molecular weight excluding hydrogens is 299 g/mol. The Hall–Kier alpha value is -1.45. The van der Waals surface area contributed by atoms with Crippen LogP contribution in [0.2, 0.25) is 5.02 Å². The molecule has 0 amide bonds. The van der Waals surface area contributed by atoms with E-state index in [1.807, 2.05) is 0 Å². The number of hydrogen-bond donors (Lipinski definition) is 2. The number of benzene rings is 1. The van der Waals surface area contributed by atoms with Crippen LogP contribution in [0.25, 0.3) is 0 Å². The van der Waals surface area contributed by atoms with E-state index in [2.05, 4.69) is 11.4 Å². The highest BCUT2D eigenvalue weighted by molar-refractivity contribution is 7.10. The van der Waals surface area contributed by atoms with E-state index in [4.69, 9.17) is 16.9 Å². The van der Waals surface area contributed by atoms with Gasteiger partial charge in [0, 0.05) is 23.3 Å². The zero-order valence-corrected chi connectivity index (χ0v) is 12.0. The molecule has 20 heavy (non-hydrogen) atoms. The standard InChI is InChI=1S/C14H12ClFN2OS/c15-12-2-1-10(4-13(12)16)14(19)7-18-6-11-3-9(5-17)8-20-11/h1-4,8,14,18-19H,6-7H2. The molecule has 0 fully saturated rings. The molecule has 1 aromatic heterocycles. The van der Waals surface area contributed by atoms with Gasteiger partial charge in [-0.3, -0.25) is 0 Å². The fourth-order valence-corrected chi connectivity index (χ4v) is 2.60. The van der Waals surface area contributed by atoms with Crippen LogP contribution in [-0.2, 0) is 6.54 Å². The Bertz CT molecular complexity index is 638. The van der Waals surface area contributed by atoms with Gasteiger partial charge in [0.25, 0.3) is 0 Å². The SMILES string of the molecule is N#Cc1csc(CNCC(O)c2ccc(Cl)c(F)c2)c1. The van der Waals surface area contributed by atoms with E-state index in [1.165, 1.54) is 23.5 Å². The van der Waals surface area contributed by atoms with E-state index in [1.54, 1.807) is 17.5 Å². The third kappa shape index (κ3) is 3.78. The summed E-state index contributed by atoms with van der Waals surface area (Å²) in [6.45, 7) is 0.848. The zero-order valence-electron chi connectivity index (χ0n) is 10.4. The number of rotatable bonds is 5. The average molecular weight is 311 g/mol. The van der Waals surface area contributed by atoms with Crippen molar-refractivity contribution in [1.29, 1.82) is 5.26 Å². The lowest BCUT2D eigenvalue weighted by atomic mass is 10.1. The van der Waals surface area contributed by atoms with E-state index in [0.717, 1.165) is 4.88 Å². The van der Waals surface area contributed by atoms with Gasteiger partial charge in [-0.2, -0.15) is 5.26 Å². The van der Waals surface area contributed by atoms with Crippen LogP contribution in [0.1, 0.15) is 22.1 Å². The van der Waals surface area contributed by atoms with Crippen LogP contribution in [0.15, 0.2) is 29.6 Å². The molecule has 1 atom stereocenters. The fraction of sp³-hybridized carbons (Fsp3) is 0.214. The van der Waals surface area contributed by atoms with Gasteiger partial charge in [0.2, 0.25) is 0 Å². The van der Waals surface area contributed by atoms with Crippen molar-refractivity contribution in [2.75, 3.05) is 6.54 Å². The third-order valence-corrected chi connectivity index (χ3v) is 3.99. The van der Waals surface area contributed by atoms with Crippen LogP contribution in [0.5, 0.6) is 0 Å². The molecule has 2 N–H and O–H groups in total. The van der Waals surface area contributed by atoms with Gasteiger partial charge in [0.05, 0.1) is 16.7 Å². The second-order valence-electron chi connectivity index (χ2n) is 4.23. The summed E-state index contributed by atoms with van der Waals surface area (Å²) >= 11 is 7.07. The lowest BCUT2D eigenvalue weighted by Gasteiger charge is -2.12. The maximum atomic E-state index is 13.3. The van der Waals surface area contributed by atoms with Gasteiger partial charge in [0.15, 0.2) is 0 Å². The van der Waals surface area contributed by atoms with E-state index >= 15 is 0 Å². The molecular formula is C14H12ClFN2OS. The molecule has 0 aliphatic carbocycles. The minimum absolute atomic E-state index is 0.0385. The molecule has 6 heteroatoms. The summed E-state index contributed by atoms with van der Waals surface area (Å²) in [6.07, 6.45) is -0.808. The van der Waals surface area contributed by atoms with Crippen molar-refractivity contribution >= 4 is 22.9 Å². The minimum atomic E-state index is -0.808. The van der Waals surface area contributed by atoms with Crippen LogP contribution >= 0.6 is 22.9 Å². The van der Waals surface area contributed by atoms with Crippen LogP contribution in [-0.4, -0.2) is 11.7 Å². The summed E-state index contributed by atoms with van der Waals surface area (Å²) in [5, 5.41) is 23.5. The Balaban J connectivity index is 1.87. The van der Waals surface area contributed by atoms with Crippen molar-refractivity contribution in [3.8, 4) is 6.07 Å². The van der Waals surface area contributed by atoms with Crippen molar-refractivity contribution in [2.24, 2.45) is 0 Å². The number of nitrogens with zero attached hydrogens (tertiary/aromatic N) is 1. The minimum Gasteiger partial charge on any atom is -0.387 e. The molecule has 3 nitrogen and oxygen atoms in total. The zero-order chi connectivity index (χ0) is 14.5. The van der Waals surface area contributed by atoms with Gasteiger partial charge >= 0.3 is 0 Å². The summed E-state index contributed by atoms with van der Waals surface area (Å²) in [5.41, 5.74) is 1.11. The molecule has 1 heterocycles. The number of hydrogen-bond acceptors (Lipinski definition) is 4. The molecule has 0 aliphatic rings. The quantitative estimate of drug-likeness (QED) is 0.891. The molecule has 0 aliphatic heterocycles. The largest absolute Gasteiger partial charge is 0.387 e.